The topological polar surface area (TPSA) is 89.3 Å². The van der Waals surface area contributed by atoms with Crippen molar-refractivity contribution in [2.24, 2.45) is 5.73 Å². The van der Waals surface area contributed by atoms with Crippen LogP contribution in [0.15, 0.2) is 29.2 Å². The van der Waals surface area contributed by atoms with E-state index in [2.05, 4.69) is 0 Å². The Morgan fingerprint density at radius 3 is 2.53 bits per heavy atom. The van der Waals surface area contributed by atoms with Gasteiger partial charge in [-0.2, -0.15) is 0 Å². The normalized spacial score (nSPS) is 11.0. The van der Waals surface area contributed by atoms with Crippen LogP contribution in [0.2, 0.25) is 0 Å². The van der Waals surface area contributed by atoms with Crippen molar-refractivity contribution in [3.05, 3.63) is 29.8 Å². The third-order valence-electron chi connectivity index (χ3n) is 1.88. The first-order valence-corrected chi connectivity index (χ1v) is 5.86. The van der Waals surface area contributed by atoms with E-state index in [4.69, 9.17) is 5.73 Å². The Bertz CT molecular complexity index is 468. The molecule has 2 amide bonds. The second kappa shape index (κ2) is 4.31. The number of urea groups is 1. The van der Waals surface area contributed by atoms with Crippen molar-refractivity contribution in [3.63, 3.8) is 0 Å². The molecule has 0 unspecified atom stereocenters. The molecule has 6 heteroatoms. The van der Waals surface area contributed by atoms with E-state index >= 15 is 0 Å². The average Bonchev–Trinajstić information content (AvgIpc) is 2.16. The second-order valence-corrected chi connectivity index (χ2v) is 4.58. The molecular formula is C9H12N2O3S. The van der Waals surface area contributed by atoms with Crippen LogP contribution >= 0.6 is 0 Å². The number of benzene rings is 1. The molecule has 1 rings (SSSR count). The highest BCUT2D eigenvalue weighted by molar-refractivity contribution is 7.90. The molecule has 1 aromatic carbocycles. The first kappa shape index (κ1) is 11.5. The number of nitrogens with two attached hydrogens (primary N) is 1. The number of carbonyl (C=O) groups is 1. The minimum atomic E-state index is -3.83. The molecule has 0 aromatic heterocycles. The van der Waals surface area contributed by atoms with Gasteiger partial charge in [0, 0.05) is 0 Å². The van der Waals surface area contributed by atoms with Crippen LogP contribution in [-0.4, -0.2) is 14.4 Å². The maximum absolute atomic E-state index is 11.6. The van der Waals surface area contributed by atoms with E-state index in [0.29, 0.717) is 12.0 Å². The van der Waals surface area contributed by atoms with Gasteiger partial charge in [-0.05, 0) is 18.1 Å². The second-order valence-electron chi connectivity index (χ2n) is 2.93. The number of nitrogens with one attached hydrogen (secondary N) is 1. The molecule has 3 N–H and O–H groups in total. The molecule has 5 nitrogen and oxygen atoms in total. The summed E-state index contributed by atoms with van der Waals surface area (Å²) in [6, 6.07) is 5.37. The molecule has 82 valence electrons. The lowest BCUT2D eigenvalue weighted by atomic mass is 10.2. The van der Waals surface area contributed by atoms with Gasteiger partial charge in [-0.1, -0.05) is 25.1 Å². The highest BCUT2D eigenvalue weighted by Crippen LogP contribution is 2.15. The van der Waals surface area contributed by atoms with Crippen LogP contribution in [0, 0.1) is 0 Å². The van der Waals surface area contributed by atoms with E-state index in [0.717, 1.165) is 0 Å². The van der Waals surface area contributed by atoms with Crippen LogP contribution in [0.3, 0.4) is 0 Å². The molecule has 0 radical (unpaired) electrons. The third-order valence-corrected chi connectivity index (χ3v) is 3.33. The van der Waals surface area contributed by atoms with Gasteiger partial charge in [-0.15, -0.1) is 0 Å². The Kier molecular flexibility index (Phi) is 3.31. The fraction of sp³-hybridized carbons (Fsp3) is 0.222. The summed E-state index contributed by atoms with van der Waals surface area (Å²) in [7, 11) is -3.83. The van der Waals surface area contributed by atoms with Crippen molar-refractivity contribution < 1.29 is 13.2 Å². The molecule has 0 aliphatic rings. The zero-order valence-corrected chi connectivity index (χ0v) is 9.04. The maximum Gasteiger partial charge on any atom is 0.326 e. The number of carbonyl (C=O) groups excluding carboxylic acids is 1. The zero-order valence-electron chi connectivity index (χ0n) is 8.23. The molecular weight excluding hydrogens is 216 g/mol. The smallest absolute Gasteiger partial charge is 0.326 e. The van der Waals surface area contributed by atoms with Crippen LogP contribution in [0.1, 0.15) is 12.5 Å². The van der Waals surface area contributed by atoms with Gasteiger partial charge in [0.25, 0.3) is 10.0 Å². The largest absolute Gasteiger partial charge is 0.351 e. The molecule has 0 aliphatic heterocycles. The molecule has 0 fully saturated rings. The summed E-state index contributed by atoms with van der Waals surface area (Å²) in [5.74, 6) is 0. The molecule has 0 heterocycles. The lowest BCUT2D eigenvalue weighted by Crippen LogP contribution is -2.35. The van der Waals surface area contributed by atoms with Crippen molar-refractivity contribution >= 4 is 16.1 Å². The first-order chi connectivity index (χ1) is 6.97. The number of hydrogen-bond donors (Lipinski definition) is 2. The molecule has 1 aromatic rings. The zero-order chi connectivity index (χ0) is 11.5. The number of sulfonamides is 1. The number of rotatable bonds is 3. The summed E-state index contributed by atoms with van der Waals surface area (Å²) < 4.78 is 24.9. The van der Waals surface area contributed by atoms with Gasteiger partial charge in [-0.25, -0.2) is 17.9 Å². The average molecular weight is 228 g/mol. The minimum Gasteiger partial charge on any atom is -0.351 e. The summed E-state index contributed by atoms with van der Waals surface area (Å²) >= 11 is 0. The molecule has 0 saturated carbocycles. The summed E-state index contributed by atoms with van der Waals surface area (Å²) in [5.41, 5.74) is 5.42. The molecule has 0 aliphatic carbocycles. The molecule has 0 atom stereocenters. The Labute approximate surface area is 88.3 Å². The van der Waals surface area contributed by atoms with Crippen molar-refractivity contribution in [1.82, 2.24) is 4.72 Å². The van der Waals surface area contributed by atoms with Crippen molar-refractivity contribution in [2.45, 2.75) is 18.2 Å². The van der Waals surface area contributed by atoms with E-state index in [-0.39, 0.29) is 4.90 Å². The van der Waals surface area contributed by atoms with Gasteiger partial charge in [0.2, 0.25) is 0 Å². The predicted molar refractivity (Wildman–Crippen MR) is 55.7 cm³/mol. The highest BCUT2D eigenvalue weighted by Gasteiger charge is 2.18. The summed E-state index contributed by atoms with van der Waals surface area (Å²) in [4.78, 5) is 10.6. The molecule has 15 heavy (non-hydrogen) atoms. The summed E-state index contributed by atoms with van der Waals surface area (Å²) in [6.45, 7) is 1.83. The van der Waals surface area contributed by atoms with Crippen molar-refractivity contribution in [1.29, 1.82) is 0 Å². The maximum atomic E-state index is 11.6. The van der Waals surface area contributed by atoms with E-state index in [1.165, 1.54) is 6.07 Å². The van der Waals surface area contributed by atoms with E-state index < -0.39 is 16.1 Å². The van der Waals surface area contributed by atoms with Crippen LogP contribution in [0.4, 0.5) is 4.79 Å². The standard InChI is InChI=1S/C9H12N2O3S/c1-2-7-5-3-4-6-8(7)15(13,14)11-9(10)12/h3-6H,2H2,1H3,(H3,10,11,12). The van der Waals surface area contributed by atoms with Crippen LogP contribution < -0.4 is 10.5 Å². The molecule has 0 bridgehead atoms. The Morgan fingerprint density at radius 2 is 2.00 bits per heavy atom. The monoisotopic (exact) mass is 228 g/mol. The lowest BCUT2D eigenvalue weighted by Gasteiger charge is -2.08. The van der Waals surface area contributed by atoms with Crippen molar-refractivity contribution in [2.75, 3.05) is 0 Å². The third kappa shape index (κ3) is 2.69. The minimum absolute atomic E-state index is 0.0892. The molecule has 0 spiro atoms. The van der Waals surface area contributed by atoms with Crippen LogP contribution in [0.5, 0.6) is 0 Å². The van der Waals surface area contributed by atoms with Gasteiger partial charge in [0.15, 0.2) is 0 Å². The summed E-state index contributed by atoms with van der Waals surface area (Å²) in [5, 5.41) is 0. The van der Waals surface area contributed by atoms with Gasteiger partial charge < -0.3 is 5.73 Å². The van der Waals surface area contributed by atoms with E-state index in [1.807, 2.05) is 6.92 Å². The van der Waals surface area contributed by atoms with Crippen molar-refractivity contribution in [3.8, 4) is 0 Å². The fourth-order valence-electron chi connectivity index (χ4n) is 1.25. The lowest BCUT2D eigenvalue weighted by molar-refractivity contribution is 0.253. The number of primary amides is 1. The number of aryl methyl sites for hydroxylation is 1. The quantitative estimate of drug-likeness (QED) is 0.794. The molecule has 0 saturated heterocycles. The Morgan fingerprint density at radius 1 is 1.40 bits per heavy atom. The van der Waals surface area contributed by atoms with Gasteiger partial charge in [-0.3, -0.25) is 0 Å². The van der Waals surface area contributed by atoms with Crippen LogP contribution in [0.25, 0.3) is 0 Å². The first-order valence-electron chi connectivity index (χ1n) is 4.37. The Balaban J connectivity index is 3.20. The van der Waals surface area contributed by atoms with Crippen LogP contribution in [-0.2, 0) is 16.4 Å². The Hall–Kier alpha value is -1.56. The van der Waals surface area contributed by atoms with Gasteiger partial charge in [0.05, 0.1) is 4.90 Å². The van der Waals surface area contributed by atoms with Gasteiger partial charge in [0.1, 0.15) is 0 Å². The fourth-order valence-corrected chi connectivity index (χ4v) is 2.44. The summed E-state index contributed by atoms with van der Waals surface area (Å²) in [6.07, 6.45) is 0.565. The predicted octanol–water partition coefficient (Wildman–Crippen LogP) is 0.606. The SMILES string of the molecule is CCc1ccccc1S(=O)(=O)NC(N)=O. The van der Waals surface area contributed by atoms with E-state index in [9.17, 15) is 13.2 Å². The highest BCUT2D eigenvalue weighted by atomic mass is 32.2. The number of amides is 2. The van der Waals surface area contributed by atoms with Gasteiger partial charge >= 0.3 is 6.03 Å². The van der Waals surface area contributed by atoms with E-state index in [1.54, 1.807) is 22.9 Å². The number of hydrogen-bond acceptors (Lipinski definition) is 3.